The first kappa shape index (κ1) is 9.16. The van der Waals surface area contributed by atoms with Crippen LogP contribution in [-0.4, -0.2) is 11.0 Å². The predicted molar refractivity (Wildman–Crippen MR) is 66.1 cm³/mol. The first-order valence-electron chi connectivity index (χ1n) is 5.14. The van der Waals surface area contributed by atoms with Crippen LogP contribution in [0.5, 0.6) is 0 Å². The number of hydrogen-bond donors (Lipinski definition) is 1. The number of benzene rings is 1. The minimum Gasteiger partial charge on any atom is -0.367 e. The topological polar surface area (TPSA) is 24.9 Å². The third kappa shape index (κ3) is 1.72. The Bertz CT molecular complexity index is 506. The van der Waals surface area contributed by atoms with E-state index in [4.69, 9.17) is 0 Å². The van der Waals surface area contributed by atoms with Crippen molar-refractivity contribution < 1.29 is 0 Å². The summed E-state index contributed by atoms with van der Waals surface area (Å²) in [5, 5.41) is 5.87. The number of aromatic nitrogens is 1. The smallest absolute Gasteiger partial charge is 0.134 e. The minimum absolute atomic E-state index is 0.641. The number of pyridine rings is 1. The second-order valence-electron chi connectivity index (χ2n) is 3.91. The number of halogens is 1. The molecule has 1 N–H and O–H groups in total. The van der Waals surface area contributed by atoms with Crippen LogP contribution >= 0.6 is 15.9 Å². The average molecular weight is 263 g/mol. The Labute approximate surface area is 96.8 Å². The molecule has 0 aliphatic heterocycles. The van der Waals surface area contributed by atoms with Gasteiger partial charge in [-0.3, -0.25) is 0 Å². The standard InChI is InChI=1S/C12H11BrN2/c13-11-3-1-2-10-9(11)6-7-14-12(10)15-8-4-5-8/h1-3,6-8H,4-5H2,(H,14,15). The molecule has 1 saturated carbocycles. The SMILES string of the molecule is Brc1cccc2c(NC3CC3)nccc12. The van der Waals surface area contributed by atoms with Gasteiger partial charge in [-0.05, 0) is 25.0 Å². The zero-order valence-electron chi connectivity index (χ0n) is 8.20. The summed E-state index contributed by atoms with van der Waals surface area (Å²) in [7, 11) is 0. The van der Waals surface area contributed by atoms with Crippen molar-refractivity contribution in [1.82, 2.24) is 4.98 Å². The average Bonchev–Trinajstić information content (AvgIpc) is 3.04. The van der Waals surface area contributed by atoms with Gasteiger partial charge in [0.2, 0.25) is 0 Å². The summed E-state index contributed by atoms with van der Waals surface area (Å²) in [6.07, 6.45) is 4.40. The zero-order valence-corrected chi connectivity index (χ0v) is 9.79. The van der Waals surface area contributed by atoms with E-state index in [1.165, 1.54) is 23.6 Å². The monoisotopic (exact) mass is 262 g/mol. The van der Waals surface area contributed by atoms with Crippen molar-refractivity contribution in [3.63, 3.8) is 0 Å². The van der Waals surface area contributed by atoms with Crippen molar-refractivity contribution in [1.29, 1.82) is 0 Å². The van der Waals surface area contributed by atoms with Crippen LogP contribution in [-0.2, 0) is 0 Å². The molecule has 2 nitrogen and oxygen atoms in total. The lowest BCUT2D eigenvalue weighted by atomic mass is 10.1. The fourth-order valence-electron chi connectivity index (χ4n) is 1.70. The van der Waals surface area contributed by atoms with Gasteiger partial charge in [0, 0.05) is 27.5 Å². The van der Waals surface area contributed by atoms with Crippen molar-refractivity contribution >= 4 is 32.5 Å². The quantitative estimate of drug-likeness (QED) is 0.895. The van der Waals surface area contributed by atoms with Gasteiger partial charge in [-0.2, -0.15) is 0 Å². The molecule has 1 aromatic heterocycles. The summed E-state index contributed by atoms with van der Waals surface area (Å²) in [6.45, 7) is 0. The number of nitrogens with one attached hydrogen (secondary N) is 1. The highest BCUT2D eigenvalue weighted by Gasteiger charge is 2.22. The van der Waals surface area contributed by atoms with E-state index in [1.807, 2.05) is 18.3 Å². The van der Waals surface area contributed by atoms with Crippen molar-refractivity contribution in [3.8, 4) is 0 Å². The molecule has 1 heterocycles. The summed E-state index contributed by atoms with van der Waals surface area (Å²) >= 11 is 3.56. The van der Waals surface area contributed by atoms with Gasteiger partial charge in [0.05, 0.1) is 0 Å². The maximum absolute atomic E-state index is 4.40. The van der Waals surface area contributed by atoms with E-state index in [0.717, 1.165) is 10.3 Å². The van der Waals surface area contributed by atoms with Gasteiger partial charge < -0.3 is 5.32 Å². The Balaban J connectivity index is 2.16. The molecule has 2 aromatic rings. The molecule has 3 rings (SSSR count). The highest BCUT2D eigenvalue weighted by Crippen LogP contribution is 2.31. The molecule has 1 fully saturated rings. The van der Waals surface area contributed by atoms with Gasteiger partial charge in [0.15, 0.2) is 0 Å². The lowest BCUT2D eigenvalue weighted by Crippen LogP contribution is -2.03. The Morgan fingerprint density at radius 1 is 1.20 bits per heavy atom. The molecule has 0 atom stereocenters. The van der Waals surface area contributed by atoms with Gasteiger partial charge in [0.1, 0.15) is 5.82 Å². The summed E-state index contributed by atoms with van der Waals surface area (Å²) in [4.78, 5) is 4.40. The molecule has 76 valence electrons. The molecule has 0 saturated heterocycles. The van der Waals surface area contributed by atoms with Crippen LogP contribution in [0.15, 0.2) is 34.9 Å². The molecular formula is C12H11BrN2. The Hall–Kier alpha value is -1.09. The van der Waals surface area contributed by atoms with Crippen molar-refractivity contribution in [2.45, 2.75) is 18.9 Å². The van der Waals surface area contributed by atoms with Crippen molar-refractivity contribution in [3.05, 3.63) is 34.9 Å². The number of nitrogens with zero attached hydrogens (tertiary/aromatic N) is 1. The molecule has 3 heteroatoms. The molecule has 0 radical (unpaired) electrons. The first-order chi connectivity index (χ1) is 7.34. The fraction of sp³-hybridized carbons (Fsp3) is 0.250. The van der Waals surface area contributed by atoms with Crippen LogP contribution in [0.2, 0.25) is 0 Å². The first-order valence-corrected chi connectivity index (χ1v) is 5.93. The summed E-state index contributed by atoms with van der Waals surface area (Å²) in [5.74, 6) is 1.01. The summed E-state index contributed by atoms with van der Waals surface area (Å²) < 4.78 is 1.13. The normalized spacial score (nSPS) is 15.5. The maximum Gasteiger partial charge on any atom is 0.134 e. The molecule has 0 amide bonds. The van der Waals surface area contributed by atoms with Crippen LogP contribution in [0.1, 0.15) is 12.8 Å². The van der Waals surface area contributed by atoms with Crippen LogP contribution in [0.25, 0.3) is 10.8 Å². The second-order valence-corrected chi connectivity index (χ2v) is 4.77. The summed E-state index contributed by atoms with van der Waals surface area (Å²) in [6, 6.07) is 8.90. The minimum atomic E-state index is 0.641. The van der Waals surface area contributed by atoms with Gasteiger partial charge in [-0.25, -0.2) is 4.98 Å². The predicted octanol–water partition coefficient (Wildman–Crippen LogP) is 3.57. The molecular weight excluding hydrogens is 252 g/mol. The molecule has 15 heavy (non-hydrogen) atoms. The van der Waals surface area contributed by atoms with E-state index in [0.29, 0.717) is 6.04 Å². The van der Waals surface area contributed by atoms with Gasteiger partial charge in [-0.1, -0.05) is 28.1 Å². The summed E-state index contributed by atoms with van der Waals surface area (Å²) in [5.41, 5.74) is 0. The third-order valence-electron chi connectivity index (χ3n) is 2.67. The van der Waals surface area contributed by atoms with E-state index in [2.05, 4.69) is 38.4 Å². The number of anilines is 1. The molecule has 0 bridgehead atoms. The highest BCUT2D eigenvalue weighted by atomic mass is 79.9. The second kappa shape index (κ2) is 3.49. The largest absolute Gasteiger partial charge is 0.367 e. The Morgan fingerprint density at radius 2 is 2.07 bits per heavy atom. The van der Waals surface area contributed by atoms with E-state index in [-0.39, 0.29) is 0 Å². The number of fused-ring (bicyclic) bond motifs is 1. The van der Waals surface area contributed by atoms with Gasteiger partial charge >= 0.3 is 0 Å². The molecule has 1 aliphatic rings. The molecule has 1 aromatic carbocycles. The lowest BCUT2D eigenvalue weighted by Gasteiger charge is -2.08. The fourth-order valence-corrected chi connectivity index (χ4v) is 2.20. The van der Waals surface area contributed by atoms with E-state index in [9.17, 15) is 0 Å². The van der Waals surface area contributed by atoms with E-state index < -0.39 is 0 Å². The molecule has 0 spiro atoms. The van der Waals surface area contributed by atoms with E-state index in [1.54, 1.807) is 0 Å². The Morgan fingerprint density at radius 3 is 2.87 bits per heavy atom. The molecule has 0 unspecified atom stereocenters. The van der Waals surface area contributed by atoms with Crippen LogP contribution in [0.4, 0.5) is 5.82 Å². The van der Waals surface area contributed by atoms with E-state index >= 15 is 0 Å². The van der Waals surface area contributed by atoms with Crippen molar-refractivity contribution in [2.75, 3.05) is 5.32 Å². The van der Waals surface area contributed by atoms with Crippen LogP contribution < -0.4 is 5.32 Å². The number of hydrogen-bond acceptors (Lipinski definition) is 2. The Kier molecular flexibility index (Phi) is 2.13. The zero-order chi connectivity index (χ0) is 10.3. The van der Waals surface area contributed by atoms with Crippen LogP contribution in [0, 0.1) is 0 Å². The highest BCUT2D eigenvalue weighted by molar-refractivity contribution is 9.10. The lowest BCUT2D eigenvalue weighted by molar-refractivity contribution is 1.12. The molecule has 1 aliphatic carbocycles. The number of rotatable bonds is 2. The maximum atomic E-state index is 4.40. The third-order valence-corrected chi connectivity index (χ3v) is 3.36. The van der Waals surface area contributed by atoms with Crippen LogP contribution in [0.3, 0.4) is 0 Å². The van der Waals surface area contributed by atoms with Crippen molar-refractivity contribution in [2.24, 2.45) is 0 Å². The van der Waals surface area contributed by atoms with Gasteiger partial charge in [0.25, 0.3) is 0 Å². The van der Waals surface area contributed by atoms with Gasteiger partial charge in [-0.15, -0.1) is 0 Å².